The molecule has 0 aromatic heterocycles. The summed E-state index contributed by atoms with van der Waals surface area (Å²) in [6.07, 6.45) is 0.915. The zero-order valence-electron chi connectivity index (χ0n) is 8.47. The number of aromatic hydroxyl groups is 1. The van der Waals surface area contributed by atoms with Gasteiger partial charge in [-0.25, -0.2) is 0 Å². The second-order valence-electron chi connectivity index (χ2n) is 3.68. The Balaban J connectivity index is 2.73. The van der Waals surface area contributed by atoms with E-state index in [1.54, 1.807) is 12.1 Å². The molecular weight excluding hydrogens is 188 g/mol. The number of hydrogen-bond donors (Lipinski definition) is 1. The van der Waals surface area contributed by atoms with Gasteiger partial charge >= 0.3 is 0 Å². The van der Waals surface area contributed by atoms with E-state index in [9.17, 15) is 9.90 Å². The largest absolute Gasteiger partial charge is 0.508 e. The second kappa shape index (κ2) is 3.73. The van der Waals surface area contributed by atoms with Crippen LogP contribution in [0.3, 0.4) is 0 Å². The van der Waals surface area contributed by atoms with Crippen LogP contribution in [-0.2, 0) is 4.79 Å². The number of aldehydes is 1. The van der Waals surface area contributed by atoms with Gasteiger partial charge in [-0.3, -0.25) is 0 Å². The average molecular weight is 200 g/mol. The van der Waals surface area contributed by atoms with Crippen molar-refractivity contribution in [3.63, 3.8) is 0 Å². The number of phenols is 1. The molecule has 0 aliphatic heterocycles. The van der Waals surface area contributed by atoms with Gasteiger partial charge in [0.25, 0.3) is 0 Å². The van der Waals surface area contributed by atoms with E-state index in [0.717, 1.165) is 22.6 Å². The molecule has 1 atom stereocenters. The highest BCUT2D eigenvalue weighted by atomic mass is 16.3. The first-order valence-corrected chi connectivity index (χ1v) is 4.89. The second-order valence-corrected chi connectivity index (χ2v) is 3.68. The number of fused-ring (bicyclic) bond motifs is 1. The van der Waals surface area contributed by atoms with Crippen molar-refractivity contribution in [3.8, 4) is 5.75 Å². The molecule has 0 fully saturated rings. The Bertz CT molecular complexity index is 503. The summed E-state index contributed by atoms with van der Waals surface area (Å²) in [5.74, 6) is 0.0866. The van der Waals surface area contributed by atoms with E-state index >= 15 is 0 Å². The first-order chi connectivity index (χ1) is 7.22. The zero-order chi connectivity index (χ0) is 10.8. The Morgan fingerprint density at radius 1 is 1.27 bits per heavy atom. The van der Waals surface area contributed by atoms with Crippen LogP contribution in [0.15, 0.2) is 36.4 Å². The predicted octanol–water partition coefficient (Wildman–Crippen LogP) is 2.85. The number of carbonyl (C=O) groups excluding carboxylic acids is 1. The maximum absolute atomic E-state index is 10.8. The van der Waals surface area contributed by atoms with Crippen LogP contribution in [0, 0.1) is 0 Å². The third-order valence-electron chi connectivity index (χ3n) is 2.59. The SMILES string of the molecule is CC(C=O)c1cccc2ccc(O)cc12. The molecule has 0 aliphatic rings. The van der Waals surface area contributed by atoms with Gasteiger partial charge in [-0.15, -0.1) is 0 Å². The summed E-state index contributed by atoms with van der Waals surface area (Å²) < 4.78 is 0. The van der Waals surface area contributed by atoms with E-state index < -0.39 is 0 Å². The average Bonchev–Trinajstić information content (AvgIpc) is 2.27. The Morgan fingerprint density at radius 2 is 2.07 bits per heavy atom. The van der Waals surface area contributed by atoms with E-state index in [4.69, 9.17) is 0 Å². The molecule has 2 nitrogen and oxygen atoms in total. The number of rotatable bonds is 2. The topological polar surface area (TPSA) is 37.3 Å². The maximum Gasteiger partial charge on any atom is 0.127 e. The molecule has 2 heteroatoms. The van der Waals surface area contributed by atoms with Gasteiger partial charge in [-0.05, 0) is 28.5 Å². The first kappa shape index (κ1) is 9.71. The molecule has 2 aromatic carbocycles. The van der Waals surface area contributed by atoms with Crippen LogP contribution in [0.5, 0.6) is 5.75 Å². The Morgan fingerprint density at radius 3 is 2.80 bits per heavy atom. The van der Waals surface area contributed by atoms with Crippen LogP contribution >= 0.6 is 0 Å². The van der Waals surface area contributed by atoms with E-state index in [2.05, 4.69) is 0 Å². The summed E-state index contributed by atoms with van der Waals surface area (Å²) in [6.45, 7) is 1.85. The van der Waals surface area contributed by atoms with Crippen LogP contribution in [0.2, 0.25) is 0 Å². The lowest BCUT2D eigenvalue weighted by Crippen LogP contribution is -1.95. The van der Waals surface area contributed by atoms with Crippen molar-refractivity contribution in [2.75, 3.05) is 0 Å². The van der Waals surface area contributed by atoms with E-state index in [0.29, 0.717) is 0 Å². The summed E-state index contributed by atoms with van der Waals surface area (Å²) in [7, 11) is 0. The highest BCUT2D eigenvalue weighted by Crippen LogP contribution is 2.27. The van der Waals surface area contributed by atoms with Crippen molar-refractivity contribution < 1.29 is 9.90 Å². The Labute approximate surface area is 88.2 Å². The molecule has 0 saturated carbocycles. The van der Waals surface area contributed by atoms with Gasteiger partial charge in [0, 0.05) is 5.92 Å². The van der Waals surface area contributed by atoms with Crippen LogP contribution in [-0.4, -0.2) is 11.4 Å². The highest BCUT2D eigenvalue weighted by molar-refractivity contribution is 5.89. The van der Waals surface area contributed by atoms with E-state index in [1.165, 1.54) is 0 Å². The minimum atomic E-state index is -0.143. The van der Waals surface area contributed by atoms with Gasteiger partial charge in [0.2, 0.25) is 0 Å². The van der Waals surface area contributed by atoms with Gasteiger partial charge in [0.15, 0.2) is 0 Å². The standard InChI is InChI=1S/C13H12O2/c1-9(8-14)12-4-2-3-10-5-6-11(15)7-13(10)12/h2-9,15H,1H3. The fourth-order valence-electron chi connectivity index (χ4n) is 1.76. The molecule has 1 N–H and O–H groups in total. The number of carbonyl (C=O) groups is 1. The Kier molecular flexibility index (Phi) is 2.42. The van der Waals surface area contributed by atoms with Crippen molar-refractivity contribution in [2.24, 2.45) is 0 Å². The minimum absolute atomic E-state index is 0.143. The molecule has 0 aliphatic carbocycles. The van der Waals surface area contributed by atoms with Crippen molar-refractivity contribution >= 4 is 17.1 Å². The predicted molar refractivity (Wildman–Crippen MR) is 60.1 cm³/mol. The van der Waals surface area contributed by atoms with Crippen LogP contribution in [0.1, 0.15) is 18.4 Å². The minimum Gasteiger partial charge on any atom is -0.508 e. The molecule has 0 heterocycles. The lowest BCUT2D eigenvalue weighted by Gasteiger charge is -2.08. The fraction of sp³-hybridized carbons (Fsp3) is 0.154. The molecule has 15 heavy (non-hydrogen) atoms. The van der Waals surface area contributed by atoms with Gasteiger partial charge in [-0.2, -0.15) is 0 Å². The lowest BCUT2D eigenvalue weighted by atomic mass is 9.96. The molecule has 2 rings (SSSR count). The summed E-state index contributed by atoms with van der Waals surface area (Å²) in [6, 6.07) is 11.0. The van der Waals surface area contributed by atoms with Crippen molar-refractivity contribution in [1.82, 2.24) is 0 Å². The number of hydrogen-bond acceptors (Lipinski definition) is 2. The maximum atomic E-state index is 10.8. The summed E-state index contributed by atoms with van der Waals surface area (Å²) in [4.78, 5) is 10.8. The fourth-order valence-corrected chi connectivity index (χ4v) is 1.76. The van der Waals surface area contributed by atoms with E-state index in [-0.39, 0.29) is 11.7 Å². The van der Waals surface area contributed by atoms with Crippen LogP contribution < -0.4 is 0 Å². The summed E-state index contributed by atoms with van der Waals surface area (Å²) >= 11 is 0. The normalized spacial score (nSPS) is 12.6. The van der Waals surface area contributed by atoms with Gasteiger partial charge in [0.05, 0.1) is 0 Å². The van der Waals surface area contributed by atoms with Crippen molar-refractivity contribution in [1.29, 1.82) is 0 Å². The van der Waals surface area contributed by atoms with Crippen molar-refractivity contribution in [2.45, 2.75) is 12.8 Å². The summed E-state index contributed by atoms with van der Waals surface area (Å²) in [5, 5.41) is 11.4. The zero-order valence-corrected chi connectivity index (χ0v) is 8.47. The Hall–Kier alpha value is -1.83. The smallest absolute Gasteiger partial charge is 0.127 e. The molecule has 0 bridgehead atoms. The van der Waals surface area contributed by atoms with Gasteiger partial charge in [-0.1, -0.05) is 31.2 Å². The van der Waals surface area contributed by atoms with Crippen molar-refractivity contribution in [3.05, 3.63) is 42.0 Å². The lowest BCUT2D eigenvalue weighted by molar-refractivity contribution is -0.108. The highest BCUT2D eigenvalue weighted by Gasteiger charge is 2.08. The number of phenolic OH excluding ortho intramolecular Hbond substituents is 1. The molecular formula is C13H12O2. The number of benzene rings is 2. The molecule has 2 aromatic rings. The molecule has 0 saturated heterocycles. The molecule has 76 valence electrons. The van der Waals surface area contributed by atoms with Crippen LogP contribution in [0.25, 0.3) is 10.8 Å². The third kappa shape index (κ3) is 1.71. The molecule has 0 radical (unpaired) electrons. The third-order valence-corrected chi connectivity index (χ3v) is 2.59. The van der Waals surface area contributed by atoms with Gasteiger partial charge < -0.3 is 9.90 Å². The molecule has 1 unspecified atom stereocenters. The van der Waals surface area contributed by atoms with E-state index in [1.807, 2.05) is 31.2 Å². The monoisotopic (exact) mass is 200 g/mol. The van der Waals surface area contributed by atoms with Crippen LogP contribution in [0.4, 0.5) is 0 Å². The molecule has 0 amide bonds. The molecule has 0 spiro atoms. The first-order valence-electron chi connectivity index (χ1n) is 4.89. The quantitative estimate of drug-likeness (QED) is 0.757. The summed E-state index contributed by atoms with van der Waals surface area (Å²) in [5.41, 5.74) is 0.957. The van der Waals surface area contributed by atoms with Gasteiger partial charge in [0.1, 0.15) is 12.0 Å².